The molecular formula is C36H50F12N24O14. The van der Waals surface area contributed by atoms with E-state index in [2.05, 4.69) is 61.2 Å². The first-order valence-corrected chi connectivity index (χ1v) is 22.5. The van der Waals surface area contributed by atoms with Crippen molar-refractivity contribution in [1.82, 2.24) is 60.0 Å². The summed E-state index contributed by atoms with van der Waals surface area (Å²) in [4.78, 5) is 51.4. The van der Waals surface area contributed by atoms with Gasteiger partial charge in [-0.25, -0.2) is 57.9 Å². The number of hydrogen-bond acceptors (Lipinski definition) is 22. The molecule has 38 nitrogen and oxygen atoms in total. The van der Waals surface area contributed by atoms with Gasteiger partial charge in [-0.1, -0.05) is 20.9 Å². The molecule has 0 amide bonds. The Kier molecular flexibility index (Phi) is 26.0. The first kappa shape index (κ1) is 72.5. The summed E-state index contributed by atoms with van der Waals surface area (Å²) < 4.78 is 145. The van der Waals surface area contributed by atoms with E-state index < -0.39 is 110 Å². The largest absolute Gasteiger partial charge is 0.490 e. The van der Waals surface area contributed by atoms with Gasteiger partial charge in [-0.2, -0.15) is 52.7 Å². The maximum Gasteiger partial charge on any atom is 0.490 e. The number of aliphatic imine (C=N–C) groups is 4. The number of ether oxygens (including phenoxy) is 2. The molecule has 10 atom stereocenters. The number of nitrogens with zero attached hydrogens (tertiary/aromatic N) is 16. The van der Waals surface area contributed by atoms with Gasteiger partial charge in [0.25, 0.3) is 0 Å². The maximum atomic E-state index is 11.9. The first-order valence-electron chi connectivity index (χ1n) is 22.5. The Bertz CT molecular complexity index is 2870. The second-order valence-electron chi connectivity index (χ2n) is 16.6. The van der Waals surface area contributed by atoms with E-state index in [1.807, 2.05) is 0 Å². The summed E-state index contributed by atoms with van der Waals surface area (Å²) in [5.74, 6) is -11.7. The molecule has 50 heteroatoms. The summed E-state index contributed by atoms with van der Waals surface area (Å²) in [7, 11) is 0. The van der Waals surface area contributed by atoms with Crippen LogP contribution >= 0.6 is 0 Å². The number of nitrogens with two attached hydrogens (primary N) is 8. The van der Waals surface area contributed by atoms with Gasteiger partial charge in [-0.05, 0) is 6.42 Å². The minimum absolute atomic E-state index is 0.0119. The van der Waals surface area contributed by atoms with Gasteiger partial charge in [-0.3, -0.25) is 0 Å². The molecule has 0 bridgehead atoms. The summed E-state index contributed by atoms with van der Waals surface area (Å²) in [5, 5.41) is 108. The third-order valence-electron chi connectivity index (χ3n) is 10.2. The van der Waals surface area contributed by atoms with Crippen molar-refractivity contribution in [3.05, 3.63) is 47.6 Å². The Morgan fingerprint density at radius 3 is 1.15 bits per heavy atom. The number of aliphatic hydroxyl groups excluding tert-OH is 4. The number of aliphatic hydroxyl groups is 4. The third kappa shape index (κ3) is 23.6. The molecule has 2 aliphatic rings. The quantitative estimate of drug-likeness (QED) is 0.0300. The van der Waals surface area contributed by atoms with Crippen LogP contribution in [-0.4, -0.2) is 216 Å². The molecule has 0 unspecified atom stereocenters. The first-order chi connectivity index (χ1) is 39.4. The van der Waals surface area contributed by atoms with Crippen molar-refractivity contribution in [2.75, 3.05) is 0 Å². The fourth-order valence-electron chi connectivity index (χ4n) is 6.48. The summed E-state index contributed by atoms with van der Waals surface area (Å²) >= 11 is 0. The summed E-state index contributed by atoms with van der Waals surface area (Å²) in [6.45, 7) is -0.166. The third-order valence-corrected chi connectivity index (χ3v) is 10.2. The highest BCUT2D eigenvalue weighted by atomic mass is 19.4. The molecule has 86 heavy (non-hydrogen) atoms. The van der Waals surface area contributed by atoms with Crippen LogP contribution in [0.1, 0.15) is 47.3 Å². The van der Waals surface area contributed by atoms with Gasteiger partial charge in [0.1, 0.15) is 65.4 Å². The molecule has 4 aromatic rings. The van der Waals surface area contributed by atoms with E-state index in [-0.39, 0.29) is 63.0 Å². The van der Waals surface area contributed by atoms with Crippen LogP contribution in [0.5, 0.6) is 0 Å². The van der Waals surface area contributed by atoms with Crippen molar-refractivity contribution in [3.63, 3.8) is 0 Å². The SMILES string of the molecule is NC(N)=NCc1cn(C[C@H]2O[C@H](O[C@H]3[C@H](O)[C@@H](O)[C@H](n4cc(CN=C(N)N)nn4)C[C@@H]3n3cc(CN=C(N)N)nn3)[C@H](n3cc(CN=C(N)N)nn3)[C@@H](O)[C@@H]2O)nn1.O=C(O)C(F)(F)F.O=C(O)C(F)(F)F.O=C(O)C(F)(F)F.O=C(O)C(F)(F)F. The van der Waals surface area contributed by atoms with Crippen LogP contribution in [0.3, 0.4) is 0 Å². The monoisotopic (exact) mass is 1270 g/mol. The lowest BCUT2D eigenvalue weighted by Crippen LogP contribution is -2.60. The predicted molar refractivity (Wildman–Crippen MR) is 252 cm³/mol. The zero-order valence-corrected chi connectivity index (χ0v) is 42.7. The molecule has 0 aromatic carbocycles. The van der Waals surface area contributed by atoms with Gasteiger partial charge in [0.15, 0.2) is 30.1 Å². The molecule has 5 heterocycles. The number of alkyl halides is 12. The standard InChI is InChI=1S/C28H46N24O6.4C2HF3O2/c29-25(30)37-2-11-6-49(45-41-11)10-17-20(54)21(55)18(52-9-14(44-48-52)5-40-28(35)36)24(57-17)58-23-16(51-8-13(43-47-51)4-39-27(33)34)1-15(19(53)22(23)56)50-7-12(42-46-50)3-38-26(31)32;4*3-2(4,5)1(6)7/h6-9,15-24,53-56H,1-5,10H2,(H4,29,30,37)(H4,31,32,38)(H4,33,34,39)(H4,35,36,40);4*(H,6,7)/t15-,16+,17-,18-,19+,20-,21-,22-,23-,24-;;;;/m1..../s1. The summed E-state index contributed by atoms with van der Waals surface area (Å²) in [6, 6.07) is -3.12. The number of halogens is 12. The molecule has 482 valence electrons. The fourth-order valence-corrected chi connectivity index (χ4v) is 6.48. The second kappa shape index (κ2) is 30.8. The Hall–Kier alpha value is -9.56. The van der Waals surface area contributed by atoms with E-state index in [9.17, 15) is 73.1 Å². The molecule has 0 spiro atoms. The number of rotatable bonds is 15. The number of guanidine groups is 4. The molecule has 1 saturated heterocycles. The van der Waals surface area contributed by atoms with E-state index in [4.69, 9.17) is 94.9 Å². The van der Waals surface area contributed by atoms with Gasteiger partial charge >= 0.3 is 48.6 Å². The molecule has 6 rings (SSSR count). The van der Waals surface area contributed by atoms with Crippen molar-refractivity contribution in [3.8, 4) is 0 Å². The van der Waals surface area contributed by atoms with Gasteiger partial charge in [0, 0.05) is 0 Å². The van der Waals surface area contributed by atoms with Crippen molar-refractivity contribution < 1.29 is 122 Å². The fraction of sp³-hybridized carbons (Fsp3) is 0.556. The van der Waals surface area contributed by atoms with E-state index in [1.54, 1.807) is 6.20 Å². The van der Waals surface area contributed by atoms with Crippen LogP contribution < -0.4 is 45.9 Å². The maximum absolute atomic E-state index is 11.9. The minimum Gasteiger partial charge on any atom is -0.475 e. The second-order valence-corrected chi connectivity index (χ2v) is 16.6. The van der Waals surface area contributed by atoms with Crippen LogP contribution in [0.15, 0.2) is 44.8 Å². The Morgan fingerprint density at radius 1 is 0.488 bits per heavy atom. The highest BCUT2D eigenvalue weighted by Gasteiger charge is 2.53. The van der Waals surface area contributed by atoms with E-state index >= 15 is 0 Å². The highest BCUT2D eigenvalue weighted by Crippen LogP contribution is 2.41. The van der Waals surface area contributed by atoms with Gasteiger partial charge < -0.3 is 96.2 Å². The van der Waals surface area contributed by atoms with Gasteiger partial charge in [-0.15, -0.1) is 20.4 Å². The number of carboxylic acid groups (broad SMARTS) is 4. The molecule has 24 N–H and O–H groups in total. The molecule has 1 aliphatic heterocycles. The normalized spacial score (nSPS) is 22.0. The van der Waals surface area contributed by atoms with E-state index in [0.29, 0.717) is 22.8 Å². The lowest BCUT2D eigenvalue weighted by molar-refractivity contribution is -0.310. The number of aliphatic carboxylic acids is 4. The number of hydrogen-bond donors (Lipinski definition) is 16. The number of carboxylic acids is 4. The Labute approximate surface area is 468 Å². The molecule has 4 aromatic heterocycles. The van der Waals surface area contributed by atoms with E-state index in [1.165, 1.54) is 37.3 Å². The van der Waals surface area contributed by atoms with Crippen molar-refractivity contribution in [2.24, 2.45) is 65.8 Å². The Morgan fingerprint density at radius 2 is 0.802 bits per heavy atom. The Balaban J connectivity index is 0.000000741. The van der Waals surface area contributed by atoms with Crippen molar-refractivity contribution >= 4 is 47.7 Å². The molecule has 1 aliphatic carbocycles. The smallest absolute Gasteiger partial charge is 0.475 e. The summed E-state index contributed by atoms with van der Waals surface area (Å²) in [5.41, 5.74) is 45.3. The lowest BCUT2D eigenvalue weighted by atomic mass is 9.83. The van der Waals surface area contributed by atoms with E-state index in [0.717, 1.165) is 0 Å². The highest BCUT2D eigenvalue weighted by molar-refractivity contribution is 5.77. The average molecular weight is 1270 g/mol. The van der Waals surface area contributed by atoms with Crippen LogP contribution in [0.2, 0.25) is 0 Å². The van der Waals surface area contributed by atoms with Gasteiger partial charge in [0.05, 0.1) is 69.6 Å². The average Bonchev–Trinajstić information content (AvgIpc) is 1.27. The molecule has 0 radical (unpaired) electrons. The predicted octanol–water partition coefficient (Wildman–Crippen LogP) is -5.64. The number of carbonyl (C=O) groups is 4. The molecule has 2 fully saturated rings. The number of aromatic nitrogens is 12. The van der Waals surface area contributed by atoms with Crippen molar-refractivity contribution in [1.29, 1.82) is 0 Å². The molecule has 1 saturated carbocycles. The molecular weight excluding hydrogens is 1220 g/mol. The van der Waals surface area contributed by atoms with Gasteiger partial charge in [0.2, 0.25) is 0 Å². The minimum atomic E-state index is -5.08. The van der Waals surface area contributed by atoms with Crippen molar-refractivity contribution in [2.45, 2.75) is 125 Å². The topological polar surface area (TPSA) is 629 Å². The summed E-state index contributed by atoms with van der Waals surface area (Å²) in [6.07, 6.45) is -24.7. The van der Waals surface area contributed by atoms with Crippen LogP contribution in [-0.2, 0) is 61.4 Å². The lowest BCUT2D eigenvalue weighted by Gasteiger charge is -2.47. The zero-order valence-electron chi connectivity index (χ0n) is 42.7. The zero-order chi connectivity index (χ0) is 66.0. The van der Waals surface area contributed by atoms with Crippen LogP contribution in [0, 0.1) is 0 Å². The van der Waals surface area contributed by atoms with Crippen LogP contribution in [0.25, 0.3) is 0 Å². The van der Waals surface area contributed by atoms with Crippen LogP contribution in [0.4, 0.5) is 52.7 Å².